The van der Waals surface area contributed by atoms with Crippen molar-refractivity contribution in [3.8, 4) is 11.4 Å². The summed E-state index contributed by atoms with van der Waals surface area (Å²) in [6, 6.07) is 12.7. The lowest BCUT2D eigenvalue weighted by molar-refractivity contribution is -0.116. The molecule has 10 heteroatoms. The number of nitrogens with one attached hydrogen (secondary N) is 1. The number of nitrogens with zero attached hydrogens (tertiary/aromatic N) is 3. The highest BCUT2D eigenvalue weighted by atomic mass is 32.3. The summed E-state index contributed by atoms with van der Waals surface area (Å²) >= 11 is 0. The SMILES string of the molecule is CS(O)(O)Cc1cc(N2CCOCC2)nc(-c2ccc(NC(=O)CCc3ccco3)cc2)n1. The Morgan fingerprint density at radius 2 is 1.91 bits per heavy atom. The zero-order valence-corrected chi connectivity index (χ0v) is 19.3. The third-order valence-corrected chi connectivity index (χ3v) is 5.97. The maximum atomic E-state index is 12.2. The summed E-state index contributed by atoms with van der Waals surface area (Å²) in [7, 11) is -2.75. The minimum absolute atomic E-state index is 0.0592. The Morgan fingerprint density at radius 1 is 1.15 bits per heavy atom. The number of carbonyl (C=O) groups excluding carboxylic acids is 1. The molecule has 0 saturated carbocycles. The van der Waals surface area contributed by atoms with Gasteiger partial charge in [-0.15, -0.1) is 0 Å². The molecule has 1 saturated heterocycles. The predicted molar refractivity (Wildman–Crippen MR) is 129 cm³/mol. The average molecular weight is 473 g/mol. The fourth-order valence-electron chi connectivity index (χ4n) is 3.54. The molecule has 3 heterocycles. The van der Waals surface area contributed by atoms with E-state index in [-0.39, 0.29) is 11.7 Å². The van der Waals surface area contributed by atoms with E-state index in [9.17, 15) is 13.9 Å². The Kier molecular flexibility index (Phi) is 7.29. The first kappa shape index (κ1) is 23.2. The molecule has 3 aromatic rings. The number of morpholine rings is 1. The number of rotatable bonds is 8. The van der Waals surface area contributed by atoms with E-state index in [0.717, 1.165) is 17.1 Å². The van der Waals surface area contributed by atoms with E-state index in [0.29, 0.717) is 56.4 Å². The van der Waals surface area contributed by atoms with Crippen LogP contribution in [0.2, 0.25) is 0 Å². The molecule has 0 bridgehead atoms. The first-order valence-electron chi connectivity index (χ1n) is 10.7. The van der Waals surface area contributed by atoms with Crippen molar-refractivity contribution in [2.24, 2.45) is 0 Å². The molecule has 1 aliphatic heterocycles. The van der Waals surface area contributed by atoms with Crippen LogP contribution in [0.4, 0.5) is 11.5 Å². The molecule has 9 nitrogen and oxygen atoms in total. The topological polar surface area (TPSA) is 121 Å². The summed E-state index contributed by atoms with van der Waals surface area (Å²) in [5.74, 6) is 1.96. The van der Waals surface area contributed by atoms with Crippen molar-refractivity contribution in [2.45, 2.75) is 18.6 Å². The highest BCUT2D eigenvalue weighted by Crippen LogP contribution is 2.38. The van der Waals surface area contributed by atoms with Crippen LogP contribution in [0.25, 0.3) is 11.4 Å². The van der Waals surface area contributed by atoms with Gasteiger partial charge in [0.1, 0.15) is 11.6 Å². The van der Waals surface area contributed by atoms with Crippen LogP contribution < -0.4 is 10.2 Å². The number of ether oxygens (including phenoxy) is 1. The maximum Gasteiger partial charge on any atom is 0.224 e. The molecule has 0 aliphatic carbocycles. The lowest BCUT2D eigenvalue weighted by atomic mass is 10.1. The third-order valence-electron chi connectivity index (χ3n) is 5.13. The van der Waals surface area contributed by atoms with Crippen molar-refractivity contribution in [1.82, 2.24) is 9.97 Å². The molecular formula is C23H28N4O5S. The quantitative estimate of drug-likeness (QED) is 0.449. The summed E-state index contributed by atoms with van der Waals surface area (Å²) in [5, 5.41) is 2.88. The van der Waals surface area contributed by atoms with E-state index in [1.54, 1.807) is 30.5 Å². The van der Waals surface area contributed by atoms with Gasteiger partial charge >= 0.3 is 0 Å². The molecule has 1 aliphatic rings. The minimum atomic E-state index is -2.75. The van der Waals surface area contributed by atoms with Crippen molar-refractivity contribution in [1.29, 1.82) is 0 Å². The summed E-state index contributed by atoms with van der Waals surface area (Å²) in [6.07, 6.45) is 3.87. The Morgan fingerprint density at radius 3 is 2.58 bits per heavy atom. The third kappa shape index (κ3) is 6.78. The number of carbonyl (C=O) groups is 1. The van der Waals surface area contributed by atoms with Gasteiger partial charge in [0, 0.05) is 49.5 Å². The smallest absolute Gasteiger partial charge is 0.224 e. The van der Waals surface area contributed by atoms with Crippen LogP contribution >= 0.6 is 10.6 Å². The Hall–Kier alpha value is -2.92. The highest BCUT2D eigenvalue weighted by molar-refractivity contribution is 8.23. The molecule has 3 N–H and O–H groups in total. The Bertz CT molecular complexity index is 1060. The van der Waals surface area contributed by atoms with E-state index in [2.05, 4.69) is 15.2 Å². The number of aryl methyl sites for hydroxylation is 1. The van der Waals surface area contributed by atoms with E-state index >= 15 is 0 Å². The summed E-state index contributed by atoms with van der Waals surface area (Å²) in [4.78, 5) is 23.6. The van der Waals surface area contributed by atoms with Gasteiger partial charge in [-0.25, -0.2) is 9.97 Å². The molecule has 1 amide bonds. The van der Waals surface area contributed by atoms with Crippen molar-refractivity contribution < 1.29 is 23.1 Å². The zero-order valence-electron chi connectivity index (χ0n) is 18.4. The largest absolute Gasteiger partial charge is 0.469 e. The van der Waals surface area contributed by atoms with Crippen molar-refractivity contribution in [3.63, 3.8) is 0 Å². The van der Waals surface area contributed by atoms with Crippen LogP contribution in [0.1, 0.15) is 17.9 Å². The van der Waals surface area contributed by atoms with Gasteiger partial charge in [0.15, 0.2) is 5.82 Å². The highest BCUT2D eigenvalue weighted by Gasteiger charge is 2.18. The molecule has 0 radical (unpaired) electrons. The van der Waals surface area contributed by atoms with Gasteiger partial charge in [-0.1, -0.05) is 0 Å². The Balaban J connectivity index is 1.49. The second-order valence-corrected chi connectivity index (χ2v) is 10.3. The zero-order chi connectivity index (χ0) is 23.3. The second-order valence-electron chi connectivity index (χ2n) is 7.98. The second kappa shape index (κ2) is 10.3. The fraction of sp³-hybridized carbons (Fsp3) is 0.348. The standard InChI is InChI=1S/C23H28N4O5S/c1-33(29,30)16-19-15-21(27-10-13-31-14-11-27)26-23(25-19)17-4-6-18(7-5-17)24-22(28)9-8-20-3-2-12-32-20/h2-7,12,15,29-30H,8-11,13-14,16H2,1H3,(H,24,28). The number of anilines is 2. The normalized spacial score (nSPS) is 14.8. The van der Waals surface area contributed by atoms with Gasteiger partial charge in [0.05, 0.1) is 30.9 Å². The van der Waals surface area contributed by atoms with Crippen molar-refractivity contribution in [2.75, 3.05) is 42.8 Å². The molecule has 4 rings (SSSR count). The van der Waals surface area contributed by atoms with E-state index in [1.807, 2.05) is 18.2 Å². The van der Waals surface area contributed by atoms with Gasteiger partial charge in [0.2, 0.25) is 5.91 Å². The van der Waals surface area contributed by atoms with Crippen molar-refractivity contribution >= 4 is 28.0 Å². The van der Waals surface area contributed by atoms with E-state index in [1.165, 1.54) is 6.26 Å². The van der Waals surface area contributed by atoms with Crippen LogP contribution in [0.15, 0.2) is 53.1 Å². The van der Waals surface area contributed by atoms with Crippen LogP contribution in [-0.4, -0.2) is 57.5 Å². The summed E-state index contributed by atoms with van der Waals surface area (Å²) < 4.78 is 30.6. The van der Waals surface area contributed by atoms with Gasteiger partial charge in [-0.05, 0) is 36.4 Å². The van der Waals surface area contributed by atoms with E-state index < -0.39 is 10.6 Å². The fourth-order valence-corrected chi connectivity index (χ4v) is 4.25. The Labute approximate surface area is 194 Å². The first-order valence-corrected chi connectivity index (χ1v) is 12.8. The number of amides is 1. The molecule has 1 fully saturated rings. The molecule has 0 spiro atoms. The molecular weight excluding hydrogens is 444 g/mol. The number of hydrogen-bond donors (Lipinski definition) is 3. The predicted octanol–water partition coefficient (Wildman–Crippen LogP) is 4.02. The maximum absolute atomic E-state index is 12.2. The molecule has 1 aromatic carbocycles. The van der Waals surface area contributed by atoms with Crippen molar-refractivity contribution in [3.05, 3.63) is 60.2 Å². The van der Waals surface area contributed by atoms with Gasteiger partial charge in [0.25, 0.3) is 0 Å². The average Bonchev–Trinajstić information content (AvgIpc) is 3.31. The number of hydrogen-bond acceptors (Lipinski definition) is 8. The van der Waals surface area contributed by atoms with E-state index in [4.69, 9.17) is 14.1 Å². The molecule has 176 valence electrons. The van der Waals surface area contributed by atoms with Crippen LogP contribution in [-0.2, 0) is 21.7 Å². The molecule has 33 heavy (non-hydrogen) atoms. The lowest BCUT2D eigenvalue weighted by Gasteiger charge is -2.30. The molecule has 0 unspecified atom stereocenters. The van der Waals surface area contributed by atoms with Crippen LogP contribution in [0.3, 0.4) is 0 Å². The first-order chi connectivity index (χ1) is 15.9. The van der Waals surface area contributed by atoms with Crippen LogP contribution in [0.5, 0.6) is 0 Å². The van der Waals surface area contributed by atoms with Gasteiger partial charge in [-0.3, -0.25) is 13.9 Å². The molecule has 0 atom stereocenters. The number of benzene rings is 1. The minimum Gasteiger partial charge on any atom is -0.469 e. The summed E-state index contributed by atoms with van der Waals surface area (Å²) in [6.45, 7) is 2.65. The van der Waals surface area contributed by atoms with Crippen LogP contribution in [0, 0.1) is 0 Å². The summed E-state index contributed by atoms with van der Waals surface area (Å²) in [5.41, 5.74) is 2.02. The number of furan rings is 1. The lowest BCUT2D eigenvalue weighted by Crippen LogP contribution is -2.37. The van der Waals surface area contributed by atoms with Gasteiger partial charge in [-0.2, -0.15) is 10.6 Å². The monoisotopic (exact) mass is 472 g/mol. The molecule has 2 aromatic heterocycles. The van der Waals surface area contributed by atoms with Gasteiger partial charge < -0.3 is 19.4 Å². The number of aromatic nitrogens is 2.